The highest BCUT2D eigenvalue weighted by Gasteiger charge is 2.22. The second-order valence-corrected chi connectivity index (χ2v) is 9.99. The maximum absolute atomic E-state index is 15.9. The molecule has 6 rings (SSSR count). The van der Waals surface area contributed by atoms with Crippen molar-refractivity contribution in [1.82, 2.24) is 35.1 Å². The molecule has 0 saturated carbocycles. The Labute approximate surface area is 214 Å². The van der Waals surface area contributed by atoms with Gasteiger partial charge in [-0.05, 0) is 45.0 Å². The Hall–Kier alpha value is -4.51. The Morgan fingerprint density at radius 1 is 1.11 bits per heavy atom. The predicted molar refractivity (Wildman–Crippen MR) is 142 cm³/mol. The van der Waals surface area contributed by atoms with Gasteiger partial charge in [0.25, 0.3) is 0 Å². The fourth-order valence-corrected chi connectivity index (χ4v) is 5.16. The molecule has 11 heteroatoms. The average Bonchev–Trinajstić information content (AvgIpc) is 3.61. The van der Waals surface area contributed by atoms with Crippen LogP contribution in [0.3, 0.4) is 0 Å². The highest BCUT2D eigenvalue weighted by molar-refractivity contribution is 7.17. The number of aromatic nitrogens is 7. The van der Waals surface area contributed by atoms with E-state index >= 15 is 4.39 Å². The van der Waals surface area contributed by atoms with E-state index in [1.54, 1.807) is 37.8 Å². The topological polar surface area (TPSA) is 125 Å². The Kier molecular flexibility index (Phi) is 5.49. The Bertz CT molecular complexity index is 1800. The molecule has 0 saturated heterocycles. The van der Waals surface area contributed by atoms with Crippen molar-refractivity contribution in [2.24, 2.45) is 0 Å². The number of carbonyl (C=O) groups is 1. The highest BCUT2D eigenvalue weighted by Crippen LogP contribution is 2.36. The number of imidazole rings is 1. The van der Waals surface area contributed by atoms with Crippen molar-refractivity contribution in [3.8, 4) is 33.2 Å². The number of fused-ring (bicyclic) bond motifs is 2. The molecule has 37 heavy (non-hydrogen) atoms. The minimum atomic E-state index is -0.525. The lowest BCUT2D eigenvalue weighted by Gasteiger charge is -2.11. The smallest absolute Gasteiger partial charge is 0.178 e. The maximum Gasteiger partial charge on any atom is 0.178 e. The largest absolute Gasteiger partial charge is 0.382 e. The van der Waals surface area contributed by atoms with Crippen molar-refractivity contribution in [3.05, 3.63) is 59.7 Å². The molecule has 9 nitrogen and oxygen atoms in total. The molecule has 0 aliphatic carbocycles. The number of halogens is 1. The van der Waals surface area contributed by atoms with Crippen LogP contribution in [-0.2, 0) is 0 Å². The lowest BCUT2D eigenvalue weighted by molar-refractivity contribution is 0.102. The van der Waals surface area contributed by atoms with Crippen LogP contribution in [0, 0.1) is 5.82 Å². The molecule has 0 bridgehead atoms. The Morgan fingerprint density at radius 3 is 2.76 bits per heavy atom. The number of rotatable bonds is 6. The third kappa shape index (κ3) is 4.02. The van der Waals surface area contributed by atoms with E-state index in [2.05, 4.69) is 40.4 Å². The van der Waals surface area contributed by atoms with Crippen LogP contribution < -0.4 is 5.32 Å². The summed E-state index contributed by atoms with van der Waals surface area (Å²) in [6.45, 7) is 5.58. The minimum absolute atomic E-state index is 0.00968. The molecule has 3 N–H and O–H groups in total. The zero-order chi connectivity index (χ0) is 25.7. The number of pyridine rings is 3. The van der Waals surface area contributed by atoms with E-state index in [4.69, 9.17) is 0 Å². The monoisotopic (exact) mass is 512 g/mol. The van der Waals surface area contributed by atoms with Crippen LogP contribution >= 0.6 is 11.3 Å². The summed E-state index contributed by atoms with van der Waals surface area (Å²) >= 11 is 1.40. The van der Waals surface area contributed by atoms with E-state index < -0.39 is 5.82 Å². The number of anilines is 1. The fraction of sp³-hybridized carbons (Fsp3) is 0.154. The second kappa shape index (κ2) is 8.86. The van der Waals surface area contributed by atoms with E-state index in [9.17, 15) is 4.79 Å². The van der Waals surface area contributed by atoms with Crippen LogP contribution in [0.1, 0.15) is 30.4 Å². The number of H-pyrrole nitrogens is 2. The van der Waals surface area contributed by atoms with Crippen molar-refractivity contribution >= 4 is 44.9 Å². The predicted octanol–water partition coefficient (Wildman–Crippen LogP) is 5.85. The molecule has 6 heterocycles. The fourth-order valence-electron chi connectivity index (χ4n) is 4.23. The third-order valence-corrected chi connectivity index (χ3v) is 7.07. The van der Waals surface area contributed by atoms with Crippen molar-refractivity contribution in [2.45, 2.75) is 26.8 Å². The summed E-state index contributed by atoms with van der Waals surface area (Å²) in [6.07, 6.45) is 6.48. The van der Waals surface area contributed by atoms with Crippen LogP contribution in [0.15, 0.2) is 49.1 Å². The van der Waals surface area contributed by atoms with Gasteiger partial charge in [0, 0.05) is 40.6 Å². The second-order valence-electron chi connectivity index (χ2n) is 8.91. The lowest BCUT2D eigenvalue weighted by atomic mass is 10.1. The van der Waals surface area contributed by atoms with Crippen LogP contribution in [-0.4, -0.2) is 46.9 Å². The van der Waals surface area contributed by atoms with Crippen LogP contribution in [0.25, 0.3) is 55.3 Å². The summed E-state index contributed by atoms with van der Waals surface area (Å²) in [7, 11) is 0. The van der Waals surface area contributed by atoms with Crippen LogP contribution in [0.5, 0.6) is 0 Å². The van der Waals surface area contributed by atoms with Gasteiger partial charge in [-0.1, -0.05) is 0 Å². The highest BCUT2D eigenvalue weighted by atomic mass is 32.1. The summed E-state index contributed by atoms with van der Waals surface area (Å²) in [6, 6.07) is 7.58. The van der Waals surface area contributed by atoms with Crippen molar-refractivity contribution in [2.75, 3.05) is 5.32 Å². The van der Waals surface area contributed by atoms with Gasteiger partial charge in [0.1, 0.15) is 11.4 Å². The van der Waals surface area contributed by atoms with Gasteiger partial charge in [0.2, 0.25) is 0 Å². The lowest BCUT2D eigenvalue weighted by Crippen LogP contribution is -2.09. The number of carbonyl (C=O) groups excluding carboxylic acids is 1. The third-order valence-electron chi connectivity index (χ3n) is 5.85. The Morgan fingerprint density at radius 2 is 1.97 bits per heavy atom. The zero-order valence-electron chi connectivity index (χ0n) is 20.1. The van der Waals surface area contributed by atoms with Crippen molar-refractivity contribution in [3.63, 3.8) is 0 Å². The summed E-state index contributed by atoms with van der Waals surface area (Å²) in [4.78, 5) is 34.2. The quantitative estimate of drug-likeness (QED) is 0.239. The molecular weight excluding hydrogens is 491 g/mol. The summed E-state index contributed by atoms with van der Waals surface area (Å²) in [5.74, 6) is -0.146. The SMILES string of the molecule is CC(=O)c1ccc(-c2ccnc3nc(-c4n[nH]c5cnc(-c6cncc(NC(C)C)c6)c(F)c45)[nH]c23)s1. The maximum atomic E-state index is 15.9. The van der Waals surface area contributed by atoms with E-state index in [1.807, 2.05) is 32.0 Å². The van der Waals surface area contributed by atoms with E-state index in [0.29, 0.717) is 38.6 Å². The van der Waals surface area contributed by atoms with E-state index in [0.717, 1.165) is 16.1 Å². The first-order valence-electron chi connectivity index (χ1n) is 11.6. The normalized spacial score (nSPS) is 11.6. The summed E-state index contributed by atoms with van der Waals surface area (Å²) < 4.78 is 15.9. The van der Waals surface area contributed by atoms with Crippen molar-refractivity contribution in [1.29, 1.82) is 0 Å². The molecule has 6 aromatic heterocycles. The molecular formula is C26H21FN8OS. The minimum Gasteiger partial charge on any atom is -0.382 e. The number of hydrogen-bond acceptors (Lipinski definition) is 8. The van der Waals surface area contributed by atoms with Crippen LogP contribution in [0.4, 0.5) is 10.1 Å². The molecule has 0 amide bonds. The number of hydrogen-bond donors (Lipinski definition) is 3. The number of nitrogens with zero attached hydrogens (tertiary/aromatic N) is 5. The van der Waals surface area contributed by atoms with Crippen molar-refractivity contribution < 1.29 is 9.18 Å². The molecule has 6 aromatic rings. The molecule has 184 valence electrons. The molecule has 0 spiro atoms. The number of thiophene rings is 1. The first kappa shape index (κ1) is 22.9. The molecule has 0 aliphatic rings. The first-order valence-corrected chi connectivity index (χ1v) is 12.4. The van der Waals surface area contributed by atoms with Gasteiger partial charge in [-0.3, -0.25) is 19.9 Å². The van der Waals surface area contributed by atoms with Gasteiger partial charge in [0.15, 0.2) is 23.1 Å². The molecule has 0 aliphatic heterocycles. The number of aromatic amines is 2. The van der Waals surface area contributed by atoms with Gasteiger partial charge in [-0.25, -0.2) is 14.4 Å². The molecule has 0 radical (unpaired) electrons. The Balaban J connectivity index is 1.47. The van der Waals surface area contributed by atoms with Gasteiger partial charge in [-0.2, -0.15) is 5.10 Å². The number of nitrogens with one attached hydrogen (secondary N) is 3. The van der Waals surface area contributed by atoms with Gasteiger partial charge >= 0.3 is 0 Å². The first-order chi connectivity index (χ1) is 17.9. The van der Waals surface area contributed by atoms with Gasteiger partial charge in [-0.15, -0.1) is 11.3 Å². The number of ketones is 1. The summed E-state index contributed by atoms with van der Waals surface area (Å²) in [5, 5.41) is 10.7. The van der Waals surface area contributed by atoms with Gasteiger partial charge in [0.05, 0.1) is 33.2 Å². The molecule has 0 unspecified atom stereocenters. The number of Topliss-reactive ketones (excluding diaryl/α,β-unsaturated/α-hetero) is 1. The summed E-state index contributed by atoms with van der Waals surface area (Å²) in [5.41, 5.74) is 4.25. The van der Waals surface area contributed by atoms with Crippen LogP contribution in [0.2, 0.25) is 0 Å². The standard InChI is InChI=1S/C26H21FN8OS/c1-12(2)31-15-8-14(9-28-10-15)22-21(27)20-17(11-30-22)34-35-24(20)26-32-23-16(6-7-29-25(23)33-26)19-5-4-18(37-19)13(3)36/h4-12,31H,1-3H3,(H,34,35)(H,29,32,33). The van der Waals surface area contributed by atoms with E-state index in [1.165, 1.54) is 11.3 Å². The molecule has 0 aromatic carbocycles. The van der Waals surface area contributed by atoms with E-state index in [-0.39, 0.29) is 22.9 Å². The zero-order valence-corrected chi connectivity index (χ0v) is 20.9. The van der Waals surface area contributed by atoms with Gasteiger partial charge < -0.3 is 10.3 Å². The molecule has 0 atom stereocenters. The average molecular weight is 513 g/mol. The molecule has 0 fully saturated rings.